The van der Waals surface area contributed by atoms with Crippen LogP contribution in [0, 0.1) is 5.92 Å². The van der Waals surface area contributed by atoms with Gasteiger partial charge in [-0.3, -0.25) is 24.1 Å². The topological polar surface area (TPSA) is 95.6 Å². The molecule has 0 aliphatic carbocycles. The summed E-state index contributed by atoms with van der Waals surface area (Å²) in [5.41, 5.74) is 0. The number of amides is 4. The average molecular weight is 281 g/mol. The Morgan fingerprint density at radius 3 is 2.20 bits per heavy atom. The Bertz CT molecular complexity index is 425. The van der Waals surface area contributed by atoms with Crippen molar-refractivity contribution in [2.24, 2.45) is 5.92 Å². The highest BCUT2D eigenvalue weighted by molar-refractivity contribution is 6.13. The molecule has 7 heteroatoms. The Labute approximate surface area is 117 Å². The molecule has 7 nitrogen and oxygen atoms in total. The van der Waals surface area contributed by atoms with Crippen LogP contribution < -0.4 is 10.6 Å². The van der Waals surface area contributed by atoms with Crippen LogP contribution in [0.4, 0.5) is 0 Å². The van der Waals surface area contributed by atoms with Gasteiger partial charge in [-0.1, -0.05) is 13.8 Å². The molecule has 0 bridgehead atoms. The third-order valence-electron chi connectivity index (χ3n) is 2.73. The molecule has 110 valence electrons. The first-order valence-electron chi connectivity index (χ1n) is 6.49. The van der Waals surface area contributed by atoms with Crippen LogP contribution in [0.1, 0.15) is 20.3 Å². The summed E-state index contributed by atoms with van der Waals surface area (Å²) in [4.78, 5) is 46.2. The maximum absolute atomic E-state index is 11.5. The zero-order chi connectivity index (χ0) is 15.1. The molecule has 0 saturated heterocycles. The van der Waals surface area contributed by atoms with E-state index in [1.54, 1.807) is 13.8 Å². The van der Waals surface area contributed by atoms with Crippen molar-refractivity contribution < 1.29 is 19.2 Å². The van der Waals surface area contributed by atoms with Crippen molar-refractivity contribution in [3.63, 3.8) is 0 Å². The van der Waals surface area contributed by atoms with E-state index in [1.807, 2.05) is 0 Å². The maximum atomic E-state index is 11.5. The highest BCUT2D eigenvalue weighted by Gasteiger charge is 2.23. The predicted molar refractivity (Wildman–Crippen MR) is 71.3 cm³/mol. The smallest absolute Gasteiger partial charge is 0.253 e. The number of rotatable bonds is 7. The summed E-state index contributed by atoms with van der Waals surface area (Å²) in [6.07, 6.45) is 2.42. The van der Waals surface area contributed by atoms with Crippen molar-refractivity contribution in [1.29, 1.82) is 0 Å². The van der Waals surface area contributed by atoms with Gasteiger partial charge in [0.25, 0.3) is 11.8 Å². The standard InChI is InChI=1S/C13H19N3O4/c1-9(2)13(20)15-7-6-14-10(17)5-8-16-11(18)3-4-12(16)19/h3-4,9H,5-8H2,1-2H3,(H,14,17)(H,15,20). The molecule has 0 radical (unpaired) electrons. The molecule has 0 aromatic carbocycles. The number of carbonyl (C=O) groups is 4. The van der Waals surface area contributed by atoms with Gasteiger partial charge >= 0.3 is 0 Å². The molecule has 0 spiro atoms. The lowest BCUT2D eigenvalue weighted by Crippen LogP contribution is -2.38. The van der Waals surface area contributed by atoms with Crippen LogP contribution in [0.25, 0.3) is 0 Å². The highest BCUT2D eigenvalue weighted by atomic mass is 16.2. The third-order valence-corrected chi connectivity index (χ3v) is 2.73. The first-order chi connectivity index (χ1) is 9.41. The molecule has 1 rings (SSSR count). The summed E-state index contributed by atoms with van der Waals surface area (Å²) in [6.45, 7) is 4.30. The third kappa shape index (κ3) is 4.83. The number of nitrogens with one attached hydrogen (secondary N) is 2. The lowest BCUT2D eigenvalue weighted by molar-refractivity contribution is -0.137. The van der Waals surface area contributed by atoms with E-state index in [1.165, 1.54) is 12.2 Å². The number of imide groups is 1. The molecule has 0 aromatic rings. The number of nitrogens with zero attached hydrogens (tertiary/aromatic N) is 1. The van der Waals surface area contributed by atoms with Crippen molar-refractivity contribution in [3.05, 3.63) is 12.2 Å². The van der Waals surface area contributed by atoms with Gasteiger partial charge in [0.05, 0.1) is 0 Å². The lowest BCUT2D eigenvalue weighted by atomic mass is 10.2. The Kier molecular flexibility index (Phi) is 5.89. The Hall–Kier alpha value is -2.18. The normalized spacial score (nSPS) is 14.1. The van der Waals surface area contributed by atoms with E-state index in [4.69, 9.17) is 0 Å². The molecule has 0 saturated carbocycles. The fraction of sp³-hybridized carbons (Fsp3) is 0.538. The van der Waals surface area contributed by atoms with E-state index >= 15 is 0 Å². The van der Waals surface area contributed by atoms with Crippen molar-refractivity contribution in [2.45, 2.75) is 20.3 Å². The maximum Gasteiger partial charge on any atom is 0.253 e. The van der Waals surface area contributed by atoms with E-state index in [9.17, 15) is 19.2 Å². The monoisotopic (exact) mass is 281 g/mol. The molecule has 2 N–H and O–H groups in total. The minimum absolute atomic E-state index is 0.0529. The largest absolute Gasteiger partial charge is 0.354 e. The van der Waals surface area contributed by atoms with E-state index in [-0.39, 0.29) is 30.7 Å². The number of carbonyl (C=O) groups excluding carboxylic acids is 4. The van der Waals surface area contributed by atoms with Gasteiger partial charge in [-0.05, 0) is 0 Å². The summed E-state index contributed by atoms with van der Waals surface area (Å²) in [5.74, 6) is -1.22. The van der Waals surface area contributed by atoms with Gasteiger partial charge in [-0.2, -0.15) is 0 Å². The van der Waals surface area contributed by atoms with E-state index in [0.29, 0.717) is 13.1 Å². The molecular formula is C13H19N3O4. The summed E-state index contributed by atoms with van der Waals surface area (Å²) in [7, 11) is 0. The van der Waals surface area contributed by atoms with E-state index in [2.05, 4.69) is 10.6 Å². The summed E-state index contributed by atoms with van der Waals surface area (Å²) < 4.78 is 0. The number of hydrogen-bond acceptors (Lipinski definition) is 4. The lowest BCUT2D eigenvalue weighted by Gasteiger charge is -2.13. The molecule has 1 aliphatic heterocycles. The zero-order valence-electron chi connectivity index (χ0n) is 11.6. The molecule has 0 fully saturated rings. The van der Waals surface area contributed by atoms with Gasteiger partial charge in [0, 0.05) is 44.1 Å². The Morgan fingerprint density at radius 1 is 1.10 bits per heavy atom. The summed E-state index contributed by atoms with van der Waals surface area (Å²) >= 11 is 0. The quantitative estimate of drug-likeness (QED) is 0.471. The fourth-order valence-electron chi connectivity index (χ4n) is 1.54. The van der Waals surface area contributed by atoms with Crippen molar-refractivity contribution >= 4 is 23.6 Å². The first-order valence-corrected chi connectivity index (χ1v) is 6.49. The van der Waals surface area contributed by atoms with E-state index in [0.717, 1.165) is 4.90 Å². The fourth-order valence-corrected chi connectivity index (χ4v) is 1.54. The summed E-state index contributed by atoms with van der Waals surface area (Å²) in [6, 6.07) is 0. The minimum atomic E-state index is -0.396. The molecular weight excluding hydrogens is 262 g/mol. The molecule has 0 aromatic heterocycles. The average Bonchev–Trinajstić information content (AvgIpc) is 2.71. The second kappa shape index (κ2) is 7.42. The van der Waals surface area contributed by atoms with Crippen molar-refractivity contribution in [2.75, 3.05) is 19.6 Å². The molecule has 0 unspecified atom stereocenters. The van der Waals surface area contributed by atoms with Crippen LogP contribution in [0.2, 0.25) is 0 Å². The van der Waals surface area contributed by atoms with Gasteiger partial charge in [-0.15, -0.1) is 0 Å². The van der Waals surface area contributed by atoms with Crippen LogP contribution in [0.3, 0.4) is 0 Å². The van der Waals surface area contributed by atoms with Crippen LogP contribution in [0.15, 0.2) is 12.2 Å². The van der Waals surface area contributed by atoms with E-state index < -0.39 is 11.8 Å². The van der Waals surface area contributed by atoms with Gasteiger partial charge in [0.2, 0.25) is 11.8 Å². The molecule has 0 atom stereocenters. The molecule has 1 heterocycles. The van der Waals surface area contributed by atoms with Gasteiger partial charge in [0.15, 0.2) is 0 Å². The van der Waals surface area contributed by atoms with Crippen molar-refractivity contribution in [1.82, 2.24) is 15.5 Å². The molecule has 1 aliphatic rings. The second-order valence-corrected chi connectivity index (χ2v) is 4.71. The molecule has 20 heavy (non-hydrogen) atoms. The van der Waals surface area contributed by atoms with Crippen LogP contribution in [-0.4, -0.2) is 48.2 Å². The highest BCUT2D eigenvalue weighted by Crippen LogP contribution is 2.03. The van der Waals surface area contributed by atoms with Gasteiger partial charge in [-0.25, -0.2) is 0 Å². The first kappa shape index (κ1) is 15.9. The predicted octanol–water partition coefficient (Wildman–Crippen LogP) is -0.810. The van der Waals surface area contributed by atoms with Crippen LogP contribution >= 0.6 is 0 Å². The molecule has 4 amide bonds. The number of hydrogen-bond donors (Lipinski definition) is 2. The SMILES string of the molecule is CC(C)C(=O)NCCNC(=O)CCN1C(=O)C=CC1=O. The zero-order valence-corrected chi connectivity index (χ0v) is 11.6. The van der Waals surface area contributed by atoms with Crippen molar-refractivity contribution in [3.8, 4) is 0 Å². The minimum Gasteiger partial charge on any atom is -0.354 e. The Balaban J connectivity index is 2.14. The van der Waals surface area contributed by atoms with Crippen LogP contribution in [0.5, 0.6) is 0 Å². The Morgan fingerprint density at radius 2 is 1.65 bits per heavy atom. The van der Waals surface area contributed by atoms with Gasteiger partial charge < -0.3 is 10.6 Å². The summed E-state index contributed by atoms with van der Waals surface area (Å²) in [5, 5.41) is 5.27. The van der Waals surface area contributed by atoms with Crippen LogP contribution in [-0.2, 0) is 19.2 Å². The van der Waals surface area contributed by atoms with Gasteiger partial charge in [0.1, 0.15) is 0 Å². The second-order valence-electron chi connectivity index (χ2n) is 4.71.